The number of aryl methyl sites for hydroxylation is 1. The first-order valence-electron chi connectivity index (χ1n) is 10.0. The van der Waals surface area contributed by atoms with Crippen molar-refractivity contribution in [3.63, 3.8) is 0 Å². The number of hydrogen-bond acceptors (Lipinski definition) is 5. The highest BCUT2D eigenvalue weighted by atomic mass is 16.5. The number of nitrogens with zero attached hydrogens (tertiary/aromatic N) is 1. The molecule has 0 radical (unpaired) electrons. The van der Waals surface area contributed by atoms with Crippen LogP contribution in [0.5, 0.6) is 5.75 Å². The lowest BCUT2D eigenvalue weighted by molar-refractivity contribution is -0.134. The van der Waals surface area contributed by atoms with Gasteiger partial charge in [-0.05, 0) is 37.1 Å². The average Bonchev–Trinajstić information content (AvgIpc) is 2.97. The van der Waals surface area contributed by atoms with Crippen molar-refractivity contribution in [3.8, 4) is 5.75 Å². The van der Waals surface area contributed by atoms with Gasteiger partial charge in [0.2, 0.25) is 5.91 Å². The molecule has 8 heteroatoms. The third-order valence-corrected chi connectivity index (χ3v) is 5.17. The fourth-order valence-electron chi connectivity index (χ4n) is 3.27. The van der Waals surface area contributed by atoms with Gasteiger partial charge in [0.15, 0.2) is 0 Å². The number of carbonyl (C=O) groups is 3. The molecule has 164 valence electrons. The zero-order valence-corrected chi connectivity index (χ0v) is 17.9. The first kappa shape index (κ1) is 22.3. The second-order valence-electron chi connectivity index (χ2n) is 7.57. The van der Waals surface area contributed by atoms with Crippen LogP contribution in [0.2, 0.25) is 0 Å². The molecule has 3 rings (SSSR count). The van der Waals surface area contributed by atoms with Gasteiger partial charge in [-0.2, -0.15) is 0 Å². The van der Waals surface area contributed by atoms with Gasteiger partial charge in [-0.3, -0.25) is 14.5 Å². The Balaban J connectivity index is 1.55. The van der Waals surface area contributed by atoms with Gasteiger partial charge in [0.05, 0.1) is 6.61 Å². The van der Waals surface area contributed by atoms with E-state index in [1.165, 1.54) is 0 Å². The van der Waals surface area contributed by atoms with Crippen LogP contribution < -0.4 is 15.4 Å². The predicted molar refractivity (Wildman–Crippen MR) is 114 cm³/mol. The summed E-state index contributed by atoms with van der Waals surface area (Å²) in [5.41, 5.74) is 1.40. The summed E-state index contributed by atoms with van der Waals surface area (Å²) in [5.74, 6) is -0.159. The normalized spacial score (nSPS) is 18.1. The maximum absolute atomic E-state index is 12.9. The molecule has 1 heterocycles. The second kappa shape index (κ2) is 9.61. The highest BCUT2D eigenvalue weighted by molar-refractivity contribution is 6.09. The van der Waals surface area contributed by atoms with E-state index in [1.54, 1.807) is 26.2 Å². The van der Waals surface area contributed by atoms with Crippen LogP contribution in [-0.2, 0) is 26.4 Å². The number of urea groups is 1. The van der Waals surface area contributed by atoms with Crippen molar-refractivity contribution in [3.05, 3.63) is 65.2 Å². The van der Waals surface area contributed by atoms with Gasteiger partial charge in [-0.25, -0.2) is 4.79 Å². The number of methoxy groups -OCH3 is 1. The standard InChI is InChI=1S/C23H27N3O5/c1-16-4-8-18(9-5-16)23(2)21(28)26(22(29)25-23)15-20(27)24-14-17-6-10-19(11-7-17)31-13-12-30-3/h4-11H,12-15H2,1-3H3,(H,24,27)(H,25,29). The van der Waals surface area contributed by atoms with Gasteiger partial charge in [0.25, 0.3) is 5.91 Å². The molecule has 1 aliphatic heterocycles. The zero-order valence-electron chi connectivity index (χ0n) is 17.9. The Morgan fingerprint density at radius 2 is 1.74 bits per heavy atom. The molecule has 0 saturated carbocycles. The fraction of sp³-hybridized carbons (Fsp3) is 0.348. The van der Waals surface area contributed by atoms with Crippen molar-refractivity contribution < 1.29 is 23.9 Å². The van der Waals surface area contributed by atoms with Crippen molar-refractivity contribution in [2.24, 2.45) is 0 Å². The number of ether oxygens (including phenoxy) is 2. The molecule has 8 nitrogen and oxygen atoms in total. The molecular formula is C23H27N3O5. The first-order valence-corrected chi connectivity index (χ1v) is 10.0. The lowest BCUT2D eigenvalue weighted by atomic mass is 9.91. The molecule has 31 heavy (non-hydrogen) atoms. The van der Waals surface area contributed by atoms with Crippen LogP contribution in [0.4, 0.5) is 4.79 Å². The largest absolute Gasteiger partial charge is 0.491 e. The van der Waals surface area contributed by atoms with Crippen molar-refractivity contribution >= 4 is 17.8 Å². The van der Waals surface area contributed by atoms with E-state index in [1.807, 2.05) is 43.3 Å². The summed E-state index contributed by atoms with van der Waals surface area (Å²) < 4.78 is 10.4. The summed E-state index contributed by atoms with van der Waals surface area (Å²) in [5, 5.41) is 5.45. The summed E-state index contributed by atoms with van der Waals surface area (Å²) in [7, 11) is 1.61. The summed E-state index contributed by atoms with van der Waals surface area (Å²) in [4.78, 5) is 38.6. The average molecular weight is 425 g/mol. The van der Waals surface area contributed by atoms with Crippen LogP contribution >= 0.6 is 0 Å². The number of amides is 4. The van der Waals surface area contributed by atoms with E-state index in [0.717, 1.165) is 16.0 Å². The molecule has 2 aromatic rings. The molecule has 1 fully saturated rings. The van der Waals surface area contributed by atoms with Crippen LogP contribution in [0, 0.1) is 6.92 Å². The maximum atomic E-state index is 12.9. The maximum Gasteiger partial charge on any atom is 0.325 e. The van der Waals surface area contributed by atoms with Crippen molar-refractivity contribution in [2.45, 2.75) is 25.9 Å². The van der Waals surface area contributed by atoms with E-state index in [0.29, 0.717) is 24.5 Å². The first-order chi connectivity index (χ1) is 14.8. The summed E-state index contributed by atoms with van der Waals surface area (Å²) in [6, 6.07) is 14.1. The number of benzene rings is 2. The Kier molecular flexibility index (Phi) is 6.91. The molecular weight excluding hydrogens is 398 g/mol. The van der Waals surface area contributed by atoms with Gasteiger partial charge < -0.3 is 20.1 Å². The van der Waals surface area contributed by atoms with Gasteiger partial charge >= 0.3 is 6.03 Å². The highest BCUT2D eigenvalue weighted by Crippen LogP contribution is 2.28. The molecule has 0 aromatic heterocycles. The highest BCUT2D eigenvalue weighted by Gasteiger charge is 2.49. The Morgan fingerprint density at radius 1 is 1.06 bits per heavy atom. The van der Waals surface area contributed by atoms with Crippen molar-refractivity contribution in [2.75, 3.05) is 26.9 Å². The lowest BCUT2D eigenvalue weighted by Gasteiger charge is -2.22. The smallest absolute Gasteiger partial charge is 0.325 e. The molecule has 1 aliphatic rings. The lowest BCUT2D eigenvalue weighted by Crippen LogP contribution is -2.43. The van der Waals surface area contributed by atoms with Gasteiger partial charge in [0, 0.05) is 13.7 Å². The van der Waals surface area contributed by atoms with E-state index in [9.17, 15) is 14.4 Å². The van der Waals surface area contributed by atoms with Crippen LogP contribution in [-0.4, -0.2) is 49.6 Å². The topological polar surface area (TPSA) is 97.0 Å². The molecule has 1 atom stereocenters. The molecule has 2 aromatic carbocycles. The molecule has 2 N–H and O–H groups in total. The van der Waals surface area contributed by atoms with Gasteiger partial charge in [0.1, 0.15) is 24.4 Å². The monoisotopic (exact) mass is 425 g/mol. The van der Waals surface area contributed by atoms with Gasteiger partial charge in [-0.1, -0.05) is 42.0 Å². The number of nitrogens with one attached hydrogen (secondary N) is 2. The van der Waals surface area contributed by atoms with Gasteiger partial charge in [-0.15, -0.1) is 0 Å². The minimum absolute atomic E-state index is 0.274. The third kappa shape index (κ3) is 5.21. The number of imide groups is 1. The minimum Gasteiger partial charge on any atom is -0.491 e. The zero-order chi connectivity index (χ0) is 22.4. The SMILES string of the molecule is COCCOc1ccc(CNC(=O)CN2C(=O)NC(C)(c3ccc(C)cc3)C2=O)cc1. The quantitative estimate of drug-likeness (QED) is 0.474. The van der Waals surface area contributed by atoms with E-state index in [2.05, 4.69) is 10.6 Å². The fourth-order valence-corrected chi connectivity index (χ4v) is 3.27. The van der Waals surface area contributed by atoms with Crippen LogP contribution in [0.1, 0.15) is 23.6 Å². The molecule has 0 bridgehead atoms. The molecule has 1 unspecified atom stereocenters. The molecule has 1 saturated heterocycles. The Bertz CT molecular complexity index is 943. The van der Waals surface area contributed by atoms with Crippen LogP contribution in [0.15, 0.2) is 48.5 Å². The molecule has 0 spiro atoms. The van der Waals surface area contributed by atoms with E-state index in [4.69, 9.17) is 9.47 Å². The molecule has 0 aliphatic carbocycles. The van der Waals surface area contributed by atoms with E-state index >= 15 is 0 Å². The summed E-state index contributed by atoms with van der Waals surface area (Å²) in [6.07, 6.45) is 0. The van der Waals surface area contributed by atoms with Crippen LogP contribution in [0.3, 0.4) is 0 Å². The Hall–Kier alpha value is -3.39. The number of carbonyl (C=O) groups excluding carboxylic acids is 3. The van der Waals surface area contributed by atoms with E-state index < -0.39 is 23.4 Å². The van der Waals surface area contributed by atoms with Crippen molar-refractivity contribution in [1.82, 2.24) is 15.5 Å². The summed E-state index contributed by atoms with van der Waals surface area (Å²) in [6.45, 7) is 4.48. The minimum atomic E-state index is -1.19. The number of hydrogen-bond donors (Lipinski definition) is 2. The predicted octanol–water partition coefficient (Wildman–Crippen LogP) is 2.10. The summed E-state index contributed by atoms with van der Waals surface area (Å²) >= 11 is 0. The Morgan fingerprint density at radius 3 is 2.39 bits per heavy atom. The number of rotatable bonds is 9. The van der Waals surface area contributed by atoms with Crippen molar-refractivity contribution in [1.29, 1.82) is 0 Å². The third-order valence-electron chi connectivity index (χ3n) is 5.17. The second-order valence-corrected chi connectivity index (χ2v) is 7.57. The van der Waals surface area contributed by atoms with E-state index in [-0.39, 0.29) is 13.1 Å². The molecule has 4 amide bonds. The Labute approximate surface area is 181 Å². The van der Waals surface area contributed by atoms with Crippen LogP contribution in [0.25, 0.3) is 0 Å².